The number of benzene rings is 2. The SMILES string of the molecule is COC(=O)c1ccc(C(=O)C(Cl)c2ccccc2)cc1. The van der Waals surface area contributed by atoms with Gasteiger partial charge < -0.3 is 4.74 Å². The second-order valence-electron chi connectivity index (χ2n) is 4.21. The van der Waals surface area contributed by atoms with Crippen molar-refractivity contribution in [2.45, 2.75) is 5.38 Å². The van der Waals surface area contributed by atoms with Crippen LogP contribution in [0.3, 0.4) is 0 Å². The molecule has 102 valence electrons. The first kappa shape index (κ1) is 14.3. The highest BCUT2D eigenvalue weighted by Gasteiger charge is 2.19. The van der Waals surface area contributed by atoms with Crippen LogP contribution in [0.2, 0.25) is 0 Å². The lowest BCUT2D eigenvalue weighted by molar-refractivity contribution is 0.0600. The van der Waals surface area contributed by atoms with Gasteiger partial charge in [-0.1, -0.05) is 42.5 Å². The lowest BCUT2D eigenvalue weighted by Gasteiger charge is -2.09. The Morgan fingerprint density at radius 2 is 1.50 bits per heavy atom. The van der Waals surface area contributed by atoms with E-state index < -0.39 is 11.3 Å². The van der Waals surface area contributed by atoms with Crippen molar-refractivity contribution < 1.29 is 14.3 Å². The Balaban J connectivity index is 2.19. The molecule has 0 fully saturated rings. The summed E-state index contributed by atoms with van der Waals surface area (Å²) in [5.74, 6) is -0.635. The molecule has 0 bridgehead atoms. The summed E-state index contributed by atoms with van der Waals surface area (Å²) in [6.07, 6.45) is 0. The fourth-order valence-electron chi connectivity index (χ4n) is 1.81. The number of methoxy groups -OCH3 is 1. The first-order valence-electron chi connectivity index (χ1n) is 6.05. The molecule has 0 aliphatic rings. The molecule has 0 heterocycles. The van der Waals surface area contributed by atoms with E-state index in [1.165, 1.54) is 7.11 Å². The molecule has 0 amide bonds. The minimum atomic E-state index is -0.736. The maximum absolute atomic E-state index is 12.2. The number of Topliss-reactive ketones (excluding diaryl/α,β-unsaturated/α-hetero) is 1. The number of halogens is 1. The van der Waals surface area contributed by atoms with Gasteiger partial charge in [-0.25, -0.2) is 4.79 Å². The summed E-state index contributed by atoms with van der Waals surface area (Å²) in [5, 5.41) is -0.736. The van der Waals surface area contributed by atoms with Crippen molar-refractivity contribution in [1.29, 1.82) is 0 Å². The standard InChI is InChI=1S/C16H13ClO3/c1-20-16(19)13-9-7-12(8-10-13)15(18)14(17)11-5-3-2-4-6-11/h2-10,14H,1H3. The number of hydrogen-bond acceptors (Lipinski definition) is 3. The number of rotatable bonds is 4. The van der Waals surface area contributed by atoms with Crippen molar-refractivity contribution in [2.24, 2.45) is 0 Å². The third-order valence-corrected chi connectivity index (χ3v) is 3.36. The van der Waals surface area contributed by atoms with Gasteiger partial charge >= 0.3 is 5.97 Å². The molecule has 20 heavy (non-hydrogen) atoms. The molecule has 0 aliphatic carbocycles. The molecule has 4 heteroatoms. The van der Waals surface area contributed by atoms with Crippen LogP contribution in [-0.2, 0) is 4.74 Å². The third-order valence-electron chi connectivity index (χ3n) is 2.91. The highest BCUT2D eigenvalue weighted by molar-refractivity contribution is 6.33. The number of esters is 1. The van der Waals surface area contributed by atoms with Crippen LogP contribution in [0.4, 0.5) is 0 Å². The van der Waals surface area contributed by atoms with Crippen molar-refractivity contribution in [3.63, 3.8) is 0 Å². The van der Waals surface area contributed by atoms with Crippen LogP contribution in [0.5, 0.6) is 0 Å². The quantitative estimate of drug-likeness (QED) is 0.490. The fourth-order valence-corrected chi connectivity index (χ4v) is 2.08. The zero-order chi connectivity index (χ0) is 14.5. The summed E-state index contributed by atoms with van der Waals surface area (Å²) in [4.78, 5) is 23.6. The molecular formula is C16H13ClO3. The highest BCUT2D eigenvalue weighted by Crippen LogP contribution is 2.25. The second-order valence-corrected chi connectivity index (χ2v) is 4.64. The number of ketones is 1. The van der Waals surface area contributed by atoms with Crippen LogP contribution in [-0.4, -0.2) is 18.9 Å². The molecule has 2 aromatic rings. The molecule has 0 N–H and O–H groups in total. The molecule has 2 aromatic carbocycles. The summed E-state index contributed by atoms with van der Waals surface area (Å²) in [7, 11) is 1.31. The topological polar surface area (TPSA) is 43.4 Å². The largest absolute Gasteiger partial charge is 0.465 e. The van der Waals surface area contributed by atoms with Gasteiger partial charge in [0.15, 0.2) is 5.78 Å². The van der Waals surface area contributed by atoms with Gasteiger partial charge in [-0.3, -0.25) is 4.79 Å². The summed E-state index contributed by atoms with van der Waals surface area (Å²) < 4.78 is 4.60. The average Bonchev–Trinajstić information content (AvgIpc) is 2.53. The fraction of sp³-hybridized carbons (Fsp3) is 0.125. The van der Waals surface area contributed by atoms with E-state index in [-0.39, 0.29) is 5.78 Å². The number of hydrogen-bond donors (Lipinski definition) is 0. The number of ether oxygens (including phenoxy) is 1. The minimum absolute atomic E-state index is 0.200. The molecule has 3 nitrogen and oxygen atoms in total. The summed E-state index contributed by atoms with van der Waals surface area (Å²) >= 11 is 6.18. The summed E-state index contributed by atoms with van der Waals surface area (Å²) in [6, 6.07) is 15.4. The Morgan fingerprint density at radius 1 is 0.950 bits per heavy atom. The Hall–Kier alpha value is -2.13. The second kappa shape index (κ2) is 6.35. The molecule has 1 unspecified atom stereocenters. The molecule has 0 radical (unpaired) electrons. The van der Waals surface area contributed by atoms with Gasteiger partial charge in [0.2, 0.25) is 0 Å². The van der Waals surface area contributed by atoms with Crippen LogP contribution in [0.15, 0.2) is 54.6 Å². The monoisotopic (exact) mass is 288 g/mol. The zero-order valence-corrected chi connectivity index (χ0v) is 11.6. The average molecular weight is 289 g/mol. The molecular weight excluding hydrogens is 276 g/mol. The maximum atomic E-state index is 12.2. The van der Waals surface area contributed by atoms with Crippen LogP contribution in [0.1, 0.15) is 31.7 Å². The number of carbonyl (C=O) groups excluding carboxylic acids is 2. The first-order chi connectivity index (χ1) is 9.63. The van der Waals surface area contributed by atoms with E-state index in [4.69, 9.17) is 11.6 Å². The van der Waals surface area contributed by atoms with Crippen LogP contribution in [0, 0.1) is 0 Å². The van der Waals surface area contributed by atoms with Crippen LogP contribution < -0.4 is 0 Å². The van der Waals surface area contributed by atoms with Gasteiger partial charge in [0.1, 0.15) is 5.38 Å². The molecule has 2 rings (SSSR count). The van der Waals surface area contributed by atoms with Crippen LogP contribution >= 0.6 is 11.6 Å². The molecule has 0 saturated carbocycles. The van der Waals surface area contributed by atoms with E-state index in [2.05, 4.69) is 4.74 Å². The Kier molecular flexibility index (Phi) is 4.53. The van der Waals surface area contributed by atoms with E-state index >= 15 is 0 Å². The van der Waals surface area contributed by atoms with E-state index in [1.807, 2.05) is 18.2 Å². The van der Waals surface area contributed by atoms with Crippen molar-refractivity contribution in [2.75, 3.05) is 7.11 Å². The minimum Gasteiger partial charge on any atom is -0.465 e. The van der Waals surface area contributed by atoms with Crippen molar-refractivity contribution in [3.8, 4) is 0 Å². The van der Waals surface area contributed by atoms with E-state index in [9.17, 15) is 9.59 Å². The van der Waals surface area contributed by atoms with Crippen LogP contribution in [0.25, 0.3) is 0 Å². The smallest absolute Gasteiger partial charge is 0.337 e. The first-order valence-corrected chi connectivity index (χ1v) is 6.48. The Morgan fingerprint density at radius 3 is 2.05 bits per heavy atom. The Labute approximate surface area is 122 Å². The molecule has 0 aromatic heterocycles. The predicted octanol–water partition coefficient (Wildman–Crippen LogP) is 3.64. The molecule has 0 spiro atoms. The molecule has 0 saturated heterocycles. The van der Waals surface area contributed by atoms with E-state index in [1.54, 1.807) is 36.4 Å². The van der Waals surface area contributed by atoms with E-state index in [0.717, 1.165) is 5.56 Å². The maximum Gasteiger partial charge on any atom is 0.337 e. The summed E-state index contributed by atoms with van der Waals surface area (Å²) in [5.41, 5.74) is 1.60. The van der Waals surface area contributed by atoms with Crippen molar-refractivity contribution >= 4 is 23.4 Å². The normalized spacial score (nSPS) is 11.7. The number of carbonyl (C=O) groups is 2. The van der Waals surface area contributed by atoms with Crippen molar-refractivity contribution in [3.05, 3.63) is 71.3 Å². The predicted molar refractivity (Wildman–Crippen MR) is 77.1 cm³/mol. The van der Waals surface area contributed by atoms with Gasteiger partial charge in [-0.05, 0) is 17.7 Å². The zero-order valence-electron chi connectivity index (χ0n) is 10.9. The van der Waals surface area contributed by atoms with Gasteiger partial charge in [0.05, 0.1) is 12.7 Å². The summed E-state index contributed by atoms with van der Waals surface area (Å²) in [6.45, 7) is 0. The highest BCUT2D eigenvalue weighted by atomic mass is 35.5. The van der Waals surface area contributed by atoms with E-state index in [0.29, 0.717) is 11.1 Å². The van der Waals surface area contributed by atoms with Gasteiger partial charge in [-0.2, -0.15) is 0 Å². The van der Waals surface area contributed by atoms with Crippen molar-refractivity contribution in [1.82, 2.24) is 0 Å². The van der Waals surface area contributed by atoms with Gasteiger partial charge in [0, 0.05) is 5.56 Å². The lowest BCUT2D eigenvalue weighted by Crippen LogP contribution is -2.08. The third kappa shape index (κ3) is 3.06. The van der Waals surface area contributed by atoms with Gasteiger partial charge in [0.25, 0.3) is 0 Å². The lowest BCUT2D eigenvalue weighted by atomic mass is 10.0. The Bertz CT molecular complexity index is 605. The number of alkyl halides is 1. The molecule has 1 atom stereocenters. The van der Waals surface area contributed by atoms with Gasteiger partial charge in [-0.15, -0.1) is 11.6 Å². The molecule has 0 aliphatic heterocycles.